The molecule has 0 fully saturated rings. The fourth-order valence-electron chi connectivity index (χ4n) is 2.73. The van der Waals surface area contributed by atoms with Gasteiger partial charge in [0.25, 0.3) is 0 Å². The summed E-state index contributed by atoms with van der Waals surface area (Å²) in [5.74, 6) is -3.24. The minimum Gasteiger partial charge on any atom is -0.480 e. The third-order valence-electron chi connectivity index (χ3n) is 4.53. The van der Waals surface area contributed by atoms with Crippen LogP contribution in [0.1, 0.15) is 58.8 Å². The summed E-state index contributed by atoms with van der Waals surface area (Å²) in [7, 11) is 0. The molecule has 0 radical (unpaired) electrons. The van der Waals surface area contributed by atoms with Gasteiger partial charge in [0.15, 0.2) is 0 Å². The van der Waals surface area contributed by atoms with E-state index in [1.54, 1.807) is 0 Å². The van der Waals surface area contributed by atoms with Crippen molar-refractivity contribution in [2.45, 2.75) is 83.0 Å². The van der Waals surface area contributed by atoms with Crippen LogP contribution in [-0.2, 0) is 19.2 Å². The molecule has 0 unspecified atom stereocenters. The maximum absolute atomic E-state index is 12.5. The molecule has 0 saturated heterocycles. The Kier molecular flexibility index (Phi) is 14.4. The predicted octanol–water partition coefficient (Wildman–Crippen LogP) is -1.43. The second kappa shape index (κ2) is 15.6. The Morgan fingerprint density at radius 3 is 2.03 bits per heavy atom. The van der Waals surface area contributed by atoms with Crippen molar-refractivity contribution in [2.24, 2.45) is 11.5 Å². The molecule has 174 valence electrons. The number of carboxylic acid groups (broad SMARTS) is 1. The molecule has 0 aromatic heterocycles. The number of nitrogens with two attached hydrogens (primary N) is 2. The van der Waals surface area contributed by atoms with Crippen molar-refractivity contribution in [2.75, 3.05) is 13.1 Å². The molecule has 0 aliphatic rings. The smallest absolute Gasteiger partial charge is 0.326 e. The van der Waals surface area contributed by atoms with Gasteiger partial charge in [-0.2, -0.15) is 0 Å². The number of hydrogen-bond acceptors (Lipinski definition) is 7. The van der Waals surface area contributed by atoms with Gasteiger partial charge in [0.2, 0.25) is 17.7 Å². The van der Waals surface area contributed by atoms with Crippen LogP contribution in [0.15, 0.2) is 0 Å². The van der Waals surface area contributed by atoms with E-state index in [0.717, 1.165) is 25.7 Å². The van der Waals surface area contributed by atoms with Crippen molar-refractivity contribution in [1.82, 2.24) is 16.0 Å². The molecule has 0 bridgehead atoms. The normalized spacial score (nSPS) is 14.8. The fourth-order valence-corrected chi connectivity index (χ4v) is 2.73. The molecule has 0 saturated carbocycles. The third-order valence-corrected chi connectivity index (χ3v) is 4.53. The molecule has 0 aromatic rings. The van der Waals surface area contributed by atoms with Crippen LogP contribution in [0.5, 0.6) is 0 Å². The summed E-state index contributed by atoms with van der Waals surface area (Å²) >= 11 is 0. The molecule has 9 N–H and O–H groups in total. The number of aliphatic hydroxyl groups excluding tert-OH is 1. The summed E-state index contributed by atoms with van der Waals surface area (Å²) in [5.41, 5.74) is 10.9. The van der Waals surface area contributed by atoms with E-state index in [4.69, 9.17) is 16.6 Å². The Morgan fingerprint density at radius 2 is 1.53 bits per heavy atom. The highest BCUT2D eigenvalue weighted by molar-refractivity contribution is 5.93. The zero-order chi connectivity index (χ0) is 23.1. The van der Waals surface area contributed by atoms with E-state index in [0.29, 0.717) is 6.42 Å². The van der Waals surface area contributed by atoms with Crippen LogP contribution in [0.2, 0.25) is 0 Å². The van der Waals surface area contributed by atoms with E-state index in [2.05, 4.69) is 22.9 Å². The Hall–Kier alpha value is -2.24. The van der Waals surface area contributed by atoms with Gasteiger partial charge in [0.05, 0.1) is 6.10 Å². The quantitative estimate of drug-likeness (QED) is 0.144. The van der Waals surface area contributed by atoms with Crippen LogP contribution in [0.4, 0.5) is 0 Å². The number of rotatable bonds is 16. The highest BCUT2D eigenvalue weighted by atomic mass is 16.4. The van der Waals surface area contributed by atoms with Crippen LogP contribution in [-0.4, -0.2) is 71.2 Å². The van der Waals surface area contributed by atoms with Crippen LogP contribution >= 0.6 is 0 Å². The number of nitrogens with one attached hydrogen (secondary N) is 3. The maximum atomic E-state index is 12.5. The van der Waals surface area contributed by atoms with Crippen molar-refractivity contribution in [1.29, 1.82) is 0 Å². The molecule has 11 heteroatoms. The number of aliphatic hydroxyl groups is 1. The first-order chi connectivity index (χ1) is 14.2. The van der Waals surface area contributed by atoms with Crippen LogP contribution in [0.3, 0.4) is 0 Å². The lowest BCUT2D eigenvalue weighted by Crippen LogP contribution is -2.60. The van der Waals surface area contributed by atoms with Crippen LogP contribution < -0.4 is 27.4 Å². The molecule has 3 amide bonds. The van der Waals surface area contributed by atoms with Crippen molar-refractivity contribution in [3.8, 4) is 0 Å². The zero-order valence-electron chi connectivity index (χ0n) is 17.9. The molecule has 30 heavy (non-hydrogen) atoms. The standard InChI is InChI=1S/C19H37N5O6/c1-3-4-5-6-7-8-15(26)22-14(11-21)17(27)24-16(12(2)25)18(28)23-13(9-10-20)19(29)30/h12-14,16,25H,3-11,20-21H2,1-2H3,(H,22,26)(H,23,28)(H,24,27)(H,29,30)/t12-,13+,14+,16+/m1/s1. The molecule has 11 nitrogen and oxygen atoms in total. The number of unbranched alkanes of at least 4 members (excludes halogenated alkanes) is 4. The van der Waals surface area contributed by atoms with Crippen LogP contribution in [0, 0.1) is 0 Å². The molecular formula is C19H37N5O6. The highest BCUT2D eigenvalue weighted by Gasteiger charge is 2.31. The average Bonchev–Trinajstić information content (AvgIpc) is 2.68. The first-order valence-electron chi connectivity index (χ1n) is 10.4. The molecule has 0 heterocycles. The summed E-state index contributed by atoms with van der Waals surface area (Å²) in [6, 6.07) is -3.75. The van der Waals surface area contributed by atoms with E-state index in [9.17, 15) is 24.3 Å². The van der Waals surface area contributed by atoms with Gasteiger partial charge < -0.3 is 37.6 Å². The lowest BCUT2D eigenvalue weighted by Gasteiger charge is -2.25. The number of amides is 3. The van der Waals surface area contributed by atoms with Gasteiger partial charge in [-0.3, -0.25) is 14.4 Å². The summed E-state index contributed by atoms with van der Waals surface area (Å²) in [6.07, 6.45) is 3.78. The van der Waals surface area contributed by atoms with Gasteiger partial charge in [0, 0.05) is 13.0 Å². The molecule has 4 atom stereocenters. The fraction of sp³-hybridized carbons (Fsp3) is 0.789. The van der Waals surface area contributed by atoms with Crippen molar-refractivity contribution < 1.29 is 29.4 Å². The zero-order valence-corrected chi connectivity index (χ0v) is 17.9. The molecule has 0 rings (SSSR count). The van der Waals surface area contributed by atoms with Gasteiger partial charge in [-0.1, -0.05) is 32.6 Å². The molecule has 0 spiro atoms. The van der Waals surface area contributed by atoms with Crippen molar-refractivity contribution in [3.63, 3.8) is 0 Å². The van der Waals surface area contributed by atoms with Gasteiger partial charge >= 0.3 is 5.97 Å². The second-order valence-electron chi connectivity index (χ2n) is 7.22. The minimum absolute atomic E-state index is 0.0126. The average molecular weight is 432 g/mol. The van der Waals surface area contributed by atoms with Gasteiger partial charge in [-0.05, 0) is 26.3 Å². The van der Waals surface area contributed by atoms with E-state index < -0.39 is 42.0 Å². The number of hydrogen-bond donors (Lipinski definition) is 7. The number of carboxylic acids is 1. The van der Waals surface area contributed by atoms with Gasteiger partial charge in [-0.25, -0.2) is 4.79 Å². The maximum Gasteiger partial charge on any atom is 0.326 e. The van der Waals surface area contributed by atoms with E-state index in [1.165, 1.54) is 6.92 Å². The van der Waals surface area contributed by atoms with E-state index in [-0.39, 0.29) is 31.8 Å². The van der Waals surface area contributed by atoms with Gasteiger partial charge in [-0.15, -0.1) is 0 Å². The van der Waals surface area contributed by atoms with Crippen molar-refractivity contribution in [3.05, 3.63) is 0 Å². The van der Waals surface area contributed by atoms with E-state index in [1.807, 2.05) is 0 Å². The molecule has 0 aromatic carbocycles. The molecule has 0 aliphatic heterocycles. The van der Waals surface area contributed by atoms with Crippen molar-refractivity contribution >= 4 is 23.7 Å². The highest BCUT2D eigenvalue weighted by Crippen LogP contribution is 2.05. The second-order valence-corrected chi connectivity index (χ2v) is 7.22. The lowest BCUT2D eigenvalue weighted by atomic mass is 10.1. The van der Waals surface area contributed by atoms with Crippen LogP contribution in [0.25, 0.3) is 0 Å². The first kappa shape index (κ1) is 27.8. The number of aliphatic carboxylic acids is 1. The molecule has 0 aliphatic carbocycles. The summed E-state index contributed by atoms with van der Waals surface area (Å²) in [6.45, 7) is 3.20. The lowest BCUT2D eigenvalue weighted by molar-refractivity contribution is -0.143. The SMILES string of the molecule is CCCCCCCC(=O)N[C@@H](CN)C(=O)N[C@H](C(=O)N[C@@H](CCN)C(=O)O)[C@@H](C)O. The Balaban J connectivity index is 4.82. The minimum atomic E-state index is -1.42. The van der Waals surface area contributed by atoms with Gasteiger partial charge in [0.1, 0.15) is 18.1 Å². The number of carbonyl (C=O) groups is 4. The Morgan fingerprint density at radius 1 is 0.900 bits per heavy atom. The summed E-state index contributed by atoms with van der Waals surface area (Å²) in [5, 5.41) is 26.1. The molecular weight excluding hydrogens is 394 g/mol. The summed E-state index contributed by atoms with van der Waals surface area (Å²) in [4.78, 5) is 48.0. The monoisotopic (exact) mass is 431 g/mol. The number of carbonyl (C=O) groups excluding carboxylic acids is 3. The largest absolute Gasteiger partial charge is 0.480 e. The predicted molar refractivity (Wildman–Crippen MR) is 111 cm³/mol. The third kappa shape index (κ3) is 11.1. The first-order valence-corrected chi connectivity index (χ1v) is 10.4. The van der Waals surface area contributed by atoms with E-state index >= 15 is 0 Å². The Bertz CT molecular complexity index is 558. The Labute approximate surface area is 177 Å². The summed E-state index contributed by atoms with van der Waals surface area (Å²) < 4.78 is 0. The topological polar surface area (TPSA) is 197 Å².